The number of H-pyrrole nitrogens is 1. The minimum absolute atomic E-state index is 0.0634. The minimum Gasteiger partial charge on any atom is -0.354 e. The minimum atomic E-state index is -0.306. The monoisotopic (exact) mass is 302 g/mol. The first-order valence-electron chi connectivity index (χ1n) is 7.01. The molecule has 0 bridgehead atoms. The van der Waals surface area contributed by atoms with Gasteiger partial charge in [0.2, 0.25) is 0 Å². The Hall–Kier alpha value is -2.43. The number of nitrogens with zero attached hydrogens (tertiary/aromatic N) is 1. The summed E-state index contributed by atoms with van der Waals surface area (Å²) in [5.41, 5.74) is 3.19. The third-order valence-electron chi connectivity index (χ3n) is 3.68. The maximum Gasteiger partial charge on any atom is 0.270 e. The van der Waals surface area contributed by atoms with Crippen molar-refractivity contribution < 1.29 is 14.0 Å². The maximum atomic E-state index is 12.9. The highest BCUT2D eigenvalue weighted by Crippen LogP contribution is 2.20. The van der Waals surface area contributed by atoms with E-state index in [0.717, 1.165) is 5.56 Å². The van der Waals surface area contributed by atoms with Gasteiger partial charge in [-0.1, -0.05) is 12.1 Å². The Labute approximate surface area is 129 Å². The molecule has 0 radical (unpaired) electrons. The van der Waals surface area contributed by atoms with Crippen molar-refractivity contribution >= 4 is 11.7 Å². The maximum absolute atomic E-state index is 12.9. The van der Waals surface area contributed by atoms with Gasteiger partial charge in [0.1, 0.15) is 11.5 Å². The van der Waals surface area contributed by atoms with Gasteiger partial charge in [-0.25, -0.2) is 4.39 Å². The Morgan fingerprint density at radius 2 is 1.77 bits per heavy atom. The average molecular weight is 302 g/mol. The van der Waals surface area contributed by atoms with Crippen LogP contribution >= 0.6 is 0 Å². The summed E-state index contributed by atoms with van der Waals surface area (Å²) in [5, 5.41) is 0. The van der Waals surface area contributed by atoms with E-state index in [9.17, 15) is 14.0 Å². The van der Waals surface area contributed by atoms with Crippen LogP contribution in [0.5, 0.6) is 0 Å². The van der Waals surface area contributed by atoms with Crippen molar-refractivity contribution in [1.29, 1.82) is 0 Å². The number of aryl methyl sites for hydroxylation is 1. The summed E-state index contributed by atoms with van der Waals surface area (Å²) in [6.07, 6.45) is 0. The molecule has 0 saturated heterocycles. The smallest absolute Gasteiger partial charge is 0.270 e. The van der Waals surface area contributed by atoms with Crippen LogP contribution in [0.4, 0.5) is 4.39 Å². The summed E-state index contributed by atoms with van der Waals surface area (Å²) in [4.78, 5) is 28.7. The van der Waals surface area contributed by atoms with Crippen LogP contribution in [0.25, 0.3) is 0 Å². The lowest BCUT2D eigenvalue weighted by molar-refractivity contribution is 0.0779. The number of hydrogen-bond acceptors (Lipinski definition) is 2. The summed E-state index contributed by atoms with van der Waals surface area (Å²) in [6.45, 7) is 5.39. The molecule has 1 amide bonds. The van der Waals surface area contributed by atoms with E-state index < -0.39 is 0 Å². The number of Topliss-reactive ketones (excluding diaryl/α,β-unsaturated/α-hetero) is 1. The molecule has 1 N–H and O–H groups in total. The van der Waals surface area contributed by atoms with Crippen molar-refractivity contribution in [1.82, 2.24) is 9.88 Å². The number of carbonyl (C=O) groups is 2. The normalized spacial score (nSPS) is 10.6. The lowest BCUT2D eigenvalue weighted by Gasteiger charge is -2.17. The fraction of sp³-hybridized carbons (Fsp3) is 0.294. The third kappa shape index (κ3) is 3.08. The van der Waals surface area contributed by atoms with Crippen LogP contribution in [0.2, 0.25) is 0 Å². The summed E-state index contributed by atoms with van der Waals surface area (Å²) < 4.78 is 12.9. The van der Waals surface area contributed by atoms with Crippen molar-refractivity contribution in [3.63, 3.8) is 0 Å². The quantitative estimate of drug-likeness (QED) is 0.881. The molecule has 0 spiro atoms. The topological polar surface area (TPSA) is 53.2 Å². The van der Waals surface area contributed by atoms with Gasteiger partial charge in [0, 0.05) is 24.8 Å². The van der Waals surface area contributed by atoms with E-state index in [1.807, 2.05) is 0 Å². The average Bonchev–Trinajstić information content (AvgIpc) is 2.75. The highest BCUT2D eigenvalue weighted by atomic mass is 19.1. The SMILES string of the molecule is CC(=O)c1c(C)[nH]c(C(=O)N(C)Cc2ccc(F)cc2)c1C. The molecule has 1 aromatic heterocycles. The van der Waals surface area contributed by atoms with Crippen LogP contribution in [0.3, 0.4) is 0 Å². The molecule has 116 valence electrons. The summed E-state index contributed by atoms with van der Waals surface area (Å²) in [7, 11) is 1.68. The molecule has 0 atom stereocenters. The van der Waals surface area contributed by atoms with Gasteiger partial charge in [0.15, 0.2) is 5.78 Å². The summed E-state index contributed by atoms with van der Waals surface area (Å²) in [6, 6.07) is 6.02. The van der Waals surface area contributed by atoms with Crippen LogP contribution in [0.1, 0.15) is 44.6 Å². The predicted octanol–water partition coefficient (Wildman–Crippen LogP) is 3.25. The number of aromatic amines is 1. The molecule has 0 unspecified atom stereocenters. The van der Waals surface area contributed by atoms with Gasteiger partial charge in [0.25, 0.3) is 5.91 Å². The first kappa shape index (κ1) is 15.9. The lowest BCUT2D eigenvalue weighted by Crippen LogP contribution is -2.27. The molecule has 2 rings (SSSR count). The van der Waals surface area contributed by atoms with Crippen molar-refractivity contribution in [2.24, 2.45) is 0 Å². The van der Waals surface area contributed by atoms with Crippen molar-refractivity contribution in [2.75, 3.05) is 7.05 Å². The van der Waals surface area contributed by atoms with Gasteiger partial charge in [-0.3, -0.25) is 9.59 Å². The number of carbonyl (C=O) groups excluding carboxylic acids is 2. The van der Waals surface area contributed by atoms with E-state index in [-0.39, 0.29) is 17.5 Å². The molecule has 2 aromatic rings. The van der Waals surface area contributed by atoms with Gasteiger partial charge in [-0.15, -0.1) is 0 Å². The highest BCUT2D eigenvalue weighted by Gasteiger charge is 2.22. The van der Waals surface area contributed by atoms with E-state index >= 15 is 0 Å². The second-order valence-electron chi connectivity index (χ2n) is 5.47. The predicted molar refractivity (Wildman–Crippen MR) is 82.5 cm³/mol. The van der Waals surface area contributed by atoms with Crippen LogP contribution in [-0.4, -0.2) is 28.6 Å². The van der Waals surface area contributed by atoms with Crippen LogP contribution in [-0.2, 0) is 6.54 Å². The fourth-order valence-electron chi connectivity index (χ4n) is 2.62. The Morgan fingerprint density at radius 3 is 2.27 bits per heavy atom. The van der Waals surface area contributed by atoms with Crippen molar-refractivity contribution in [3.8, 4) is 0 Å². The first-order chi connectivity index (χ1) is 10.3. The molecule has 0 aliphatic carbocycles. The summed E-state index contributed by atoms with van der Waals surface area (Å²) in [5.74, 6) is -0.566. The number of nitrogens with one attached hydrogen (secondary N) is 1. The molecule has 1 aromatic carbocycles. The van der Waals surface area contributed by atoms with Crippen LogP contribution in [0.15, 0.2) is 24.3 Å². The Balaban J connectivity index is 2.22. The van der Waals surface area contributed by atoms with Gasteiger partial charge < -0.3 is 9.88 Å². The molecular weight excluding hydrogens is 283 g/mol. The van der Waals surface area contributed by atoms with Crippen molar-refractivity contribution in [2.45, 2.75) is 27.3 Å². The number of hydrogen-bond donors (Lipinski definition) is 1. The Bertz CT molecular complexity index is 717. The zero-order valence-corrected chi connectivity index (χ0v) is 13.2. The fourth-order valence-corrected chi connectivity index (χ4v) is 2.62. The molecule has 0 aliphatic heterocycles. The number of ketones is 1. The number of rotatable bonds is 4. The lowest BCUT2D eigenvalue weighted by atomic mass is 10.1. The molecule has 0 saturated carbocycles. The molecule has 4 nitrogen and oxygen atoms in total. The molecular formula is C17H19FN2O2. The second kappa shape index (κ2) is 6.13. The number of aromatic nitrogens is 1. The van der Waals surface area contributed by atoms with Crippen LogP contribution in [0, 0.1) is 19.7 Å². The van der Waals surface area contributed by atoms with E-state index in [4.69, 9.17) is 0 Å². The Morgan fingerprint density at radius 1 is 1.18 bits per heavy atom. The van der Waals surface area contributed by atoms with E-state index in [1.165, 1.54) is 24.0 Å². The van der Waals surface area contributed by atoms with Crippen molar-refractivity contribution in [3.05, 3.63) is 58.2 Å². The van der Waals surface area contributed by atoms with E-state index in [0.29, 0.717) is 29.1 Å². The van der Waals surface area contributed by atoms with Crippen LogP contribution < -0.4 is 0 Å². The van der Waals surface area contributed by atoms with E-state index in [2.05, 4.69) is 4.98 Å². The number of amides is 1. The molecule has 0 aliphatic rings. The molecule has 0 fully saturated rings. The van der Waals surface area contributed by atoms with E-state index in [1.54, 1.807) is 33.0 Å². The first-order valence-corrected chi connectivity index (χ1v) is 7.01. The standard InChI is InChI=1S/C17H19FN2O2/c1-10-15(12(3)21)11(2)19-16(10)17(22)20(4)9-13-5-7-14(18)8-6-13/h5-8,19H,9H2,1-4H3. The Kier molecular flexibility index (Phi) is 4.45. The molecule has 22 heavy (non-hydrogen) atoms. The second-order valence-corrected chi connectivity index (χ2v) is 5.47. The van der Waals surface area contributed by atoms with Gasteiger partial charge in [-0.05, 0) is 44.0 Å². The zero-order valence-electron chi connectivity index (χ0n) is 13.2. The van der Waals surface area contributed by atoms with Gasteiger partial charge in [-0.2, -0.15) is 0 Å². The number of halogens is 1. The number of benzene rings is 1. The highest BCUT2D eigenvalue weighted by molar-refractivity contribution is 6.02. The largest absolute Gasteiger partial charge is 0.354 e. The summed E-state index contributed by atoms with van der Waals surface area (Å²) >= 11 is 0. The van der Waals surface area contributed by atoms with Gasteiger partial charge in [0.05, 0.1) is 0 Å². The molecule has 5 heteroatoms. The molecule has 1 heterocycles. The van der Waals surface area contributed by atoms with Gasteiger partial charge >= 0.3 is 0 Å². The zero-order chi connectivity index (χ0) is 16.4. The third-order valence-corrected chi connectivity index (χ3v) is 3.68.